The Balaban J connectivity index is 2.95. The fourth-order valence-corrected chi connectivity index (χ4v) is 2.27. The predicted molar refractivity (Wildman–Crippen MR) is 66.6 cm³/mol. The van der Waals surface area contributed by atoms with Gasteiger partial charge in [-0.2, -0.15) is 18.0 Å². The minimum atomic E-state index is -3.56. The Bertz CT molecular complexity index is 532. The first-order valence-corrected chi connectivity index (χ1v) is 6.57. The molecule has 0 aliphatic heterocycles. The van der Waals surface area contributed by atoms with Gasteiger partial charge < -0.3 is 0 Å². The Morgan fingerprint density at radius 3 is 2.59 bits per heavy atom. The number of benzene rings is 1. The number of hydrogen-bond donors (Lipinski definition) is 1. The smallest absolute Gasteiger partial charge is 0.271 e. The van der Waals surface area contributed by atoms with Crippen LogP contribution in [0.3, 0.4) is 0 Å². The molecule has 0 aliphatic carbocycles. The second-order valence-corrected chi connectivity index (χ2v) is 5.64. The van der Waals surface area contributed by atoms with Crippen molar-refractivity contribution in [2.24, 2.45) is 0 Å². The quantitative estimate of drug-likeness (QED) is 0.884. The van der Waals surface area contributed by atoms with Gasteiger partial charge in [-0.1, -0.05) is 6.07 Å². The van der Waals surface area contributed by atoms with Crippen molar-refractivity contribution < 1.29 is 8.42 Å². The third kappa shape index (κ3) is 3.44. The molecule has 92 valence electrons. The Morgan fingerprint density at radius 2 is 2.06 bits per heavy atom. The average Bonchev–Trinajstić information content (AvgIpc) is 2.27. The highest BCUT2D eigenvalue weighted by Crippen LogP contribution is 2.14. The van der Waals surface area contributed by atoms with Crippen LogP contribution in [0.4, 0.5) is 5.69 Å². The van der Waals surface area contributed by atoms with E-state index in [2.05, 4.69) is 4.72 Å². The molecule has 6 heteroatoms. The molecule has 1 aromatic carbocycles. The summed E-state index contributed by atoms with van der Waals surface area (Å²) in [4.78, 5) is 0. The molecule has 0 radical (unpaired) electrons. The highest BCUT2D eigenvalue weighted by atomic mass is 32.2. The molecular weight excluding hydrogens is 238 g/mol. The molecule has 0 aliphatic rings. The number of rotatable bonds is 4. The van der Waals surface area contributed by atoms with Crippen LogP contribution in [0, 0.1) is 11.3 Å². The van der Waals surface area contributed by atoms with Gasteiger partial charge >= 0.3 is 10.2 Å². The molecule has 0 saturated heterocycles. The van der Waals surface area contributed by atoms with Gasteiger partial charge in [-0.3, -0.25) is 4.72 Å². The van der Waals surface area contributed by atoms with E-state index in [9.17, 15) is 8.42 Å². The first-order valence-electron chi connectivity index (χ1n) is 5.13. The van der Waals surface area contributed by atoms with Crippen molar-refractivity contribution in [3.05, 3.63) is 29.8 Å². The Hall–Kier alpha value is -1.58. The minimum absolute atomic E-state index is 0.133. The summed E-state index contributed by atoms with van der Waals surface area (Å²) in [5.74, 6) is 0. The third-order valence-electron chi connectivity index (χ3n) is 2.34. The third-order valence-corrected chi connectivity index (χ3v) is 4.02. The minimum Gasteiger partial charge on any atom is -0.271 e. The van der Waals surface area contributed by atoms with Crippen molar-refractivity contribution >= 4 is 15.9 Å². The van der Waals surface area contributed by atoms with Crippen LogP contribution in [0.1, 0.15) is 19.4 Å². The van der Waals surface area contributed by atoms with Gasteiger partial charge in [0.15, 0.2) is 0 Å². The zero-order valence-electron chi connectivity index (χ0n) is 10.0. The molecular formula is C11H15N3O2S. The lowest BCUT2D eigenvalue weighted by molar-refractivity contribution is 0.414. The van der Waals surface area contributed by atoms with E-state index in [1.54, 1.807) is 32.0 Å². The highest BCUT2D eigenvalue weighted by molar-refractivity contribution is 7.90. The molecule has 17 heavy (non-hydrogen) atoms. The summed E-state index contributed by atoms with van der Waals surface area (Å²) in [5, 5.41) is 8.72. The van der Waals surface area contributed by atoms with Crippen molar-refractivity contribution in [3.63, 3.8) is 0 Å². The Morgan fingerprint density at radius 1 is 1.41 bits per heavy atom. The van der Waals surface area contributed by atoms with Crippen molar-refractivity contribution in [2.45, 2.75) is 19.9 Å². The molecule has 0 bridgehead atoms. The fourth-order valence-electron chi connectivity index (χ4n) is 1.15. The maximum Gasteiger partial charge on any atom is 0.301 e. The zero-order valence-corrected chi connectivity index (χ0v) is 10.8. The lowest BCUT2D eigenvalue weighted by Crippen LogP contribution is -2.37. The van der Waals surface area contributed by atoms with Gasteiger partial charge in [0.1, 0.15) is 0 Å². The summed E-state index contributed by atoms with van der Waals surface area (Å²) >= 11 is 0. The molecule has 0 saturated carbocycles. The van der Waals surface area contributed by atoms with Crippen molar-refractivity contribution in [1.82, 2.24) is 4.31 Å². The van der Waals surface area contributed by atoms with E-state index in [0.717, 1.165) is 0 Å². The molecule has 0 unspecified atom stereocenters. The second kappa shape index (κ2) is 5.17. The van der Waals surface area contributed by atoms with Crippen LogP contribution in [0.25, 0.3) is 0 Å². The summed E-state index contributed by atoms with van der Waals surface area (Å²) in [7, 11) is -2.06. The number of anilines is 1. The van der Waals surface area contributed by atoms with Gasteiger partial charge in [0, 0.05) is 13.1 Å². The van der Waals surface area contributed by atoms with Gasteiger partial charge in [-0.05, 0) is 32.0 Å². The lowest BCUT2D eigenvalue weighted by atomic mass is 10.2. The standard InChI is InChI=1S/C11H15N3O2S/c1-9(2)14(3)17(15,16)13-11-6-4-5-10(7-11)8-12/h4-7,9,13H,1-3H3. The van der Waals surface area contributed by atoms with Gasteiger partial charge in [0.2, 0.25) is 0 Å². The van der Waals surface area contributed by atoms with Crippen LogP contribution >= 0.6 is 0 Å². The fraction of sp³-hybridized carbons (Fsp3) is 0.364. The van der Waals surface area contributed by atoms with Crippen LogP contribution in [0.2, 0.25) is 0 Å². The molecule has 0 heterocycles. The van der Waals surface area contributed by atoms with E-state index in [1.165, 1.54) is 17.4 Å². The summed E-state index contributed by atoms with van der Waals surface area (Å²) in [5.41, 5.74) is 0.800. The second-order valence-electron chi connectivity index (χ2n) is 3.91. The van der Waals surface area contributed by atoms with Crippen molar-refractivity contribution in [2.75, 3.05) is 11.8 Å². The number of nitriles is 1. The molecule has 5 nitrogen and oxygen atoms in total. The summed E-state index contributed by atoms with van der Waals surface area (Å²) in [6.07, 6.45) is 0. The summed E-state index contributed by atoms with van der Waals surface area (Å²) < 4.78 is 27.4. The molecule has 1 N–H and O–H groups in total. The topological polar surface area (TPSA) is 73.2 Å². The highest BCUT2D eigenvalue weighted by Gasteiger charge is 2.20. The van der Waals surface area contributed by atoms with Gasteiger partial charge in [0.25, 0.3) is 0 Å². The number of nitrogens with zero attached hydrogens (tertiary/aromatic N) is 2. The van der Waals surface area contributed by atoms with Crippen LogP contribution < -0.4 is 4.72 Å². The van der Waals surface area contributed by atoms with E-state index in [4.69, 9.17) is 5.26 Å². The SMILES string of the molecule is CC(C)N(C)S(=O)(=O)Nc1cccc(C#N)c1. The van der Waals surface area contributed by atoms with Crippen LogP contribution in [0.15, 0.2) is 24.3 Å². The van der Waals surface area contributed by atoms with E-state index in [1.807, 2.05) is 6.07 Å². The Labute approximate surface area is 102 Å². The van der Waals surface area contributed by atoms with E-state index >= 15 is 0 Å². The summed E-state index contributed by atoms with van der Waals surface area (Å²) in [6.45, 7) is 3.57. The molecule has 0 aromatic heterocycles. The summed E-state index contributed by atoms with van der Waals surface area (Å²) in [6, 6.07) is 8.17. The largest absolute Gasteiger partial charge is 0.301 e. The van der Waals surface area contributed by atoms with Gasteiger partial charge in [-0.15, -0.1) is 0 Å². The van der Waals surface area contributed by atoms with E-state index in [-0.39, 0.29) is 6.04 Å². The van der Waals surface area contributed by atoms with Crippen LogP contribution in [-0.2, 0) is 10.2 Å². The maximum absolute atomic E-state index is 11.9. The normalized spacial score (nSPS) is 11.5. The molecule has 0 amide bonds. The monoisotopic (exact) mass is 253 g/mol. The lowest BCUT2D eigenvalue weighted by Gasteiger charge is -2.21. The van der Waals surface area contributed by atoms with Crippen LogP contribution in [0.5, 0.6) is 0 Å². The number of nitrogens with one attached hydrogen (secondary N) is 1. The first-order chi connectivity index (χ1) is 7.86. The number of hydrogen-bond acceptors (Lipinski definition) is 3. The van der Waals surface area contributed by atoms with Gasteiger partial charge in [0.05, 0.1) is 17.3 Å². The Kier molecular flexibility index (Phi) is 4.10. The first kappa shape index (κ1) is 13.5. The van der Waals surface area contributed by atoms with Crippen LogP contribution in [-0.4, -0.2) is 25.8 Å². The van der Waals surface area contributed by atoms with E-state index < -0.39 is 10.2 Å². The molecule has 0 fully saturated rings. The molecule has 0 spiro atoms. The molecule has 1 aromatic rings. The maximum atomic E-state index is 11.9. The molecule has 1 rings (SSSR count). The predicted octanol–water partition coefficient (Wildman–Crippen LogP) is 1.56. The van der Waals surface area contributed by atoms with Crippen molar-refractivity contribution in [1.29, 1.82) is 5.26 Å². The van der Waals surface area contributed by atoms with Crippen molar-refractivity contribution in [3.8, 4) is 6.07 Å². The molecule has 0 atom stereocenters. The zero-order chi connectivity index (χ0) is 13.1. The average molecular weight is 253 g/mol. The van der Waals surface area contributed by atoms with E-state index in [0.29, 0.717) is 11.3 Å². The van der Waals surface area contributed by atoms with Gasteiger partial charge in [-0.25, -0.2) is 0 Å².